The molecule has 3 rings (SSSR count). The Kier molecular flexibility index (Phi) is 3.64. The molecule has 0 unspecified atom stereocenters. The van der Waals surface area contributed by atoms with Crippen LogP contribution in [0.5, 0.6) is 0 Å². The average Bonchev–Trinajstić information content (AvgIpc) is 2.95. The van der Waals surface area contributed by atoms with E-state index in [1.165, 1.54) is 11.2 Å². The summed E-state index contributed by atoms with van der Waals surface area (Å²) in [4.78, 5) is 13.1. The summed E-state index contributed by atoms with van der Waals surface area (Å²) in [6, 6.07) is 4.96. The van der Waals surface area contributed by atoms with E-state index in [-0.39, 0.29) is 10.8 Å². The molecule has 1 amide bonds. The van der Waals surface area contributed by atoms with Gasteiger partial charge in [0, 0.05) is 33.1 Å². The summed E-state index contributed by atoms with van der Waals surface area (Å²) in [5.41, 5.74) is 1.000. The lowest BCUT2D eigenvalue weighted by Gasteiger charge is -2.33. The van der Waals surface area contributed by atoms with Gasteiger partial charge in [-0.2, -0.15) is 13.1 Å². The van der Waals surface area contributed by atoms with Crippen molar-refractivity contribution in [2.45, 2.75) is 11.8 Å². The molecular weight excluding hydrogens is 312 g/mol. The van der Waals surface area contributed by atoms with Gasteiger partial charge in [-0.1, -0.05) is 6.07 Å². The van der Waals surface area contributed by atoms with E-state index in [2.05, 4.69) is 8.75 Å². The average molecular weight is 326 g/mol. The van der Waals surface area contributed by atoms with E-state index in [0.29, 0.717) is 37.2 Å². The maximum atomic E-state index is 12.7. The van der Waals surface area contributed by atoms with Gasteiger partial charge >= 0.3 is 0 Å². The first-order valence-electron chi connectivity index (χ1n) is 6.47. The second kappa shape index (κ2) is 5.32. The minimum absolute atomic E-state index is 0.0298. The number of benzene rings is 1. The van der Waals surface area contributed by atoms with Crippen LogP contribution in [0.15, 0.2) is 23.1 Å². The fraction of sp³-hybridized carbons (Fsp3) is 0.417. The van der Waals surface area contributed by atoms with Crippen molar-refractivity contribution in [1.29, 1.82) is 0 Å². The largest absolute Gasteiger partial charge is 0.340 e. The lowest BCUT2D eigenvalue weighted by molar-refractivity contribution is -0.129. The quantitative estimate of drug-likeness (QED) is 0.804. The van der Waals surface area contributed by atoms with Gasteiger partial charge in [-0.25, -0.2) is 8.42 Å². The molecule has 1 aromatic heterocycles. The molecule has 0 bridgehead atoms. The molecule has 0 saturated carbocycles. The monoisotopic (exact) mass is 326 g/mol. The highest BCUT2D eigenvalue weighted by Crippen LogP contribution is 2.25. The Hall–Kier alpha value is -1.58. The van der Waals surface area contributed by atoms with Gasteiger partial charge in [0.05, 0.1) is 11.7 Å². The minimum atomic E-state index is -3.61. The van der Waals surface area contributed by atoms with Crippen LogP contribution in [0.2, 0.25) is 0 Å². The first-order chi connectivity index (χ1) is 10.00. The number of hydrogen-bond donors (Lipinski definition) is 0. The summed E-state index contributed by atoms with van der Waals surface area (Å²) in [5.74, 6) is -0.0298. The molecule has 1 fully saturated rings. The van der Waals surface area contributed by atoms with Crippen LogP contribution in [-0.2, 0) is 14.8 Å². The number of carbonyl (C=O) groups excluding carboxylic acids is 1. The Morgan fingerprint density at radius 2 is 1.90 bits per heavy atom. The highest BCUT2D eigenvalue weighted by Gasteiger charge is 2.31. The normalized spacial score (nSPS) is 17.3. The van der Waals surface area contributed by atoms with Crippen molar-refractivity contribution in [2.24, 2.45) is 0 Å². The number of nitrogens with zero attached hydrogens (tertiary/aromatic N) is 4. The van der Waals surface area contributed by atoms with Crippen molar-refractivity contribution in [3.63, 3.8) is 0 Å². The van der Waals surface area contributed by atoms with Crippen LogP contribution in [-0.4, -0.2) is 58.5 Å². The summed E-state index contributed by atoms with van der Waals surface area (Å²) in [7, 11) is -3.61. The molecule has 0 radical (unpaired) electrons. The van der Waals surface area contributed by atoms with Gasteiger partial charge < -0.3 is 4.90 Å². The van der Waals surface area contributed by atoms with Crippen LogP contribution in [0.4, 0.5) is 0 Å². The topological polar surface area (TPSA) is 83.5 Å². The molecule has 1 aliphatic heterocycles. The van der Waals surface area contributed by atoms with E-state index in [0.717, 1.165) is 11.7 Å². The van der Waals surface area contributed by atoms with Crippen LogP contribution < -0.4 is 0 Å². The molecule has 1 aromatic carbocycles. The van der Waals surface area contributed by atoms with E-state index < -0.39 is 10.0 Å². The van der Waals surface area contributed by atoms with Crippen molar-refractivity contribution in [1.82, 2.24) is 18.0 Å². The van der Waals surface area contributed by atoms with Gasteiger partial charge in [0.1, 0.15) is 15.9 Å². The van der Waals surface area contributed by atoms with Gasteiger partial charge in [-0.3, -0.25) is 4.79 Å². The van der Waals surface area contributed by atoms with Crippen molar-refractivity contribution in [3.8, 4) is 0 Å². The van der Waals surface area contributed by atoms with Crippen molar-refractivity contribution in [2.75, 3.05) is 26.2 Å². The maximum absolute atomic E-state index is 12.7. The Bertz CT molecular complexity index is 779. The summed E-state index contributed by atoms with van der Waals surface area (Å²) in [6.45, 7) is 2.93. The number of piperazine rings is 1. The molecule has 0 spiro atoms. The summed E-state index contributed by atoms with van der Waals surface area (Å²) in [6.07, 6.45) is 0. The molecule has 2 aromatic rings. The van der Waals surface area contributed by atoms with Gasteiger partial charge in [0.25, 0.3) is 0 Å². The Balaban J connectivity index is 1.91. The number of hydrogen-bond acceptors (Lipinski definition) is 6. The van der Waals surface area contributed by atoms with E-state index in [4.69, 9.17) is 0 Å². The third kappa shape index (κ3) is 2.52. The van der Waals surface area contributed by atoms with E-state index in [9.17, 15) is 13.2 Å². The van der Waals surface area contributed by atoms with Gasteiger partial charge in [-0.05, 0) is 12.1 Å². The summed E-state index contributed by atoms with van der Waals surface area (Å²) >= 11 is 0.998. The molecule has 21 heavy (non-hydrogen) atoms. The predicted octanol–water partition coefficient (Wildman–Crippen LogP) is 0.544. The molecule has 9 heteroatoms. The van der Waals surface area contributed by atoms with Crippen LogP contribution in [0, 0.1) is 0 Å². The first kappa shape index (κ1) is 14.4. The number of carbonyl (C=O) groups is 1. The predicted molar refractivity (Wildman–Crippen MR) is 78.4 cm³/mol. The van der Waals surface area contributed by atoms with E-state index in [1.54, 1.807) is 23.1 Å². The SMILES string of the molecule is CC(=O)N1CCN(S(=O)(=O)c2cccc3nsnc23)CC1. The van der Waals surface area contributed by atoms with Crippen LogP contribution in [0.3, 0.4) is 0 Å². The molecule has 1 aliphatic rings. The second-order valence-corrected chi connectivity index (χ2v) is 7.23. The zero-order valence-electron chi connectivity index (χ0n) is 11.4. The van der Waals surface area contributed by atoms with Crippen molar-refractivity contribution < 1.29 is 13.2 Å². The smallest absolute Gasteiger partial charge is 0.245 e. The summed E-state index contributed by atoms with van der Waals surface area (Å²) in [5, 5.41) is 0. The number of rotatable bonds is 2. The molecule has 7 nitrogen and oxygen atoms in total. The van der Waals surface area contributed by atoms with Crippen LogP contribution in [0.1, 0.15) is 6.92 Å². The van der Waals surface area contributed by atoms with E-state index in [1.807, 2.05) is 0 Å². The number of fused-ring (bicyclic) bond motifs is 1. The van der Waals surface area contributed by atoms with Crippen LogP contribution in [0.25, 0.3) is 11.0 Å². The Morgan fingerprint density at radius 1 is 1.19 bits per heavy atom. The number of sulfonamides is 1. The molecule has 2 heterocycles. The fourth-order valence-corrected chi connectivity index (χ4v) is 4.55. The van der Waals surface area contributed by atoms with E-state index >= 15 is 0 Å². The fourth-order valence-electron chi connectivity index (χ4n) is 2.37. The molecule has 1 saturated heterocycles. The van der Waals surface area contributed by atoms with Crippen molar-refractivity contribution >= 4 is 38.7 Å². The standard InChI is InChI=1S/C12H14N4O3S2/c1-9(17)15-5-7-16(8-6-15)21(18,19)11-4-2-3-10-12(11)14-20-13-10/h2-4H,5-8H2,1H3. The zero-order chi connectivity index (χ0) is 15.0. The molecular formula is C12H14N4O3S2. The number of aromatic nitrogens is 2. The van der Waals surface area contributed by atoms with Crippen LogP contribution >= 0.6 is 11.7 Å². The second-order valence-electron chi connectivity index (χ2n) is 4.80. The lowest BCUT2D eigenvalue weighted by Crippen LogP contribution is -2.49. The number of amides is 1. The highest BCUT2D eigenvalue weighted by molar-refractivity contribution is 7.89. The maximum Gasteiger partial charge on any atom is 0.245 e. The Morgan fingerprint density at radius 3 is 2.57 bits per heavy atom. The van der Waals surface area contributed by atoms with Gasteiger partial charge in [0.15, 0.2) is 0 Å². The molecule has 0 aliphatic carbocycles. The lowest BCUT2D eigenvalue weighted by atomic mass is 10.3. The summed E-state index contributed by atoms with van der Waals surface area (Å²) < 4.78 is 35.0. The molecule has 112 valence electrons. The minimum Gasteiger partial charge on any atom is -0.340 e. The third-order valence-electron chi connectivity index (χ3n) is 3.55. The van der Waals surface area contributed by atoms with Gasteiger partial charge in [0.2, 0.25) is 15.9 Å². The first-order valence-corrected chi connectivity index (χ1v) is 8.64. The zero-order valence-corrected chi connectivity index (χ0v) is 13.0. The third-order valence-corrected chi connectivity index (χ3v) is 6.02. The Labute approximate surface area is 126 Å². The van der Waals surface area contributed by atoms with Crippen molar-refractivity contribution in [3.05, 3.63) is 18.2 Å². The van der Waals surface area contributed by atoms with Gasteiger partial charge in [-0.15, -0.1) is 0 Å². The molecule has 0 N–H and O–H groups in total. The highest BCUT2D eigenvalue weighted by atomic mass is 32.2. The molecule has 0 atom stereocenters.